The lowest BCUT2D eigenvalue weighted by atomic mass is 9.92. The van der Waals surface area contributed by atoms with Crippen LogP contribution in [0.15, 0.2) is 24.3 Å². The van der Waals surface area contributed by atoms with Crippen molar-refractivity contribution < 1.29 is 9.59 Å². The molecule has 4 amide bonds. The van der Waals surface area contributed by atoms with Gasteiger partial charge in [-0.05, 0) is 75.6 Å². The molecule has 154 valence electrons. The van der Waals surface area contributed by atoms with Crippen LogP contribution in [0.3, 0.4) is 0 Å². The average molecular weight is 387 g/mol. The van der Waals surface area contributed by atoms with Crippen molar-refractivity contribution in [3.63, 3.8) is 0 Å². The van der Waals surface area contributed by atoms with E-state index in [9.17, 15) is 9.59 Å². The lowest BCUT2D eigenvalue weighted by Gasteiger charge is -2.38. The normalized spacial score (nSPS) is 28.0. The zero-order chi connectivity index (χ0) is 20.3. The van der Waals surface area contributed by atoms with Crippen molar-refractivity contribution in [3.8, 4) is 0 Å². The molecule has 4 atom stereocenters. The Morgan fingerprint density at radius 2 is 1.11 bits per heavy atom. The number of benzene rings is 1. The molecule has 2 fully saturated rings. The van der Waals surface area contributed by atoms with Gasteiger partial charge in [-0.1, -0.05) is 13.8 Å². The number of nitrogens with zero attached hydrogens (tertiary/aromatic N) is 2. The van der Waals surface area contributed by atoms with Crippen molar-refractivity contribution in [2.75, 3.05) is 23.7 Å². The third-order valence-corrected chi connectivity index (χ3v) is 6.66. The number of hydrogen-bond donors (Lipinski definition) is 2. The summed E-state index contributed by atoms with van der Waals surface area (Å²) in [6, 6.07) is 7.77. The Morgan fingerprint density at radius 3 is 1.46 bits per heavy atom. The van der Waals surface area contributed by atoms with Crippen LogP contribution in [0.2, 0.25) is 0 Å². The Labute approximate surface area is 168 Å². The van der Waals surface area contributed by atoms with Gasteiger partial charge in [0.25, 0.3) is 0 Å². The van der Waals surface area contributed by atoms with Crippen molar-refractivity contribution in [3.05, 3.63) is 24.3 Å². The number of likely N-dealkylation sites (tertiary alicyclic amines) is 2. The number of nitrogens with one attached hydrogen (secondary N) is 2. The number of carbonyl (C=O) groups excluding carboxylic acids is 2. The predicted octanol–water partition coefficient (Wildman–Crippen LogP) is 4.99. The summed E-state index contributed by atoms with van der Waals surface area (Å²) in [7, 11) is 0. The van der Waals surface area contributed by atoms with Gasteiger partial charge >= 0.3 is 12.1 Å². The Bertz CT molecular complexity index is 631. The molecule has 2 saturated heterocycles. The summed E-state index contributed by atoms with van der Waals surface area (Å²) in [5, 5.41) is 5.97. The highest BCUT2D eigenvalue weighted by Crippen LogP contribution is 2.25. The van der Waals surface area contributed by atoms with E-state index in [2.05, 4.69) is 38.3 Å². The third kappa shape index (κ3) is 4.59. The molecule has 0 unspecified atom stereocenters. The van der Waals surface area contributed by atoms with Gasteiger partial charge in [-0.15, -0.1) is 0 Å². The molecule has 0 bridgehead atoms. The summed E-state index contributed by atoms with van der Waals surface area (Å²) < 4.78 is 0. The molecular weight excluding hydrogens is 352 g/mol. The van der Waals surface area contributed by atoms with Crippen LogP contribution in [0.5, 0.6) is 0 Å². The molecule has 2 aliphatic heterocycles. The summed E-state index contributed by atoms with van der Waals surface area (Å²) in [4.78, 5) is 29.0. The quantitative estimate of drug-likeness (QED) is 0.752. The van der Waals surface area contributed by atoms with Gasteiger partial charge in [0, 0.05) is 36.5 Å². The minimum atomic E-state index is -0.0491. The third-order valence-electron chi connectivity index (χ3n) is 6.66. The highest BCUT2D eigenvalue weighted by Gasteiger charge is 2.29. The number of urea groups is 2. The minimum absolute atomic E-state index is 0.0491. The second kappa shape index (κ2) is 8.84. The number of carbonyl (C=O) groups is 2. The van der Waals surface area contributed by atoms with Crippen molar-refractivity contribution in [1.82, 2.24) is 9.80 Å². The van der Waals surface area contributed by atoms with E-state index in [1.165, 1.54) is 12.8 Å². The van der Waals surface area contributed by atoms with Crippen LogP contribution in [-0.4, -0.2) is 47.0 Å². The van der Waals surface area contributed by atoms with Crippen molar-refractivity contribution >= 4 is 23.4 Å². The topological polar surface area (TPSA) is 64.7 Å². The van der Waals surface area contributed by atoms with Crippen LogP contribution < -0.4 is 10.6 Å². The van der Waals surface area contributed by atoms with Crippen LogP contribution in [0.4, 0.5) is 21.0 Å². The summed E-state index contributed by atoms with van der Waals surface area (Å²) >= 11 is 0. The van der Waals surface area contributed by atoms with Gasteiger partial charge in [0.1, 0.15) is 0 Å². The zero-order valence-corrected chi connectivity index (χ0v) is 17.6. The van der Waals surface area contributed by atoms with Crippen LogP contribution in [0.25, 0.3) is 0 Å². The van der Waals surface area contributed by atoms with Gasteiger partial charge in [-0.25, -0.2) is 9.59 Å². The Kier molecular flexibility index (Phi) is 6.47. The molecule has 28 heavy (non-hydrogen) atoms. The van der Waals surface area contributed by atoms with E-state index in [0.717, 1.165) is 37.3 Å². The van der Waals surface area contributed by atoms with E-state index in [-0.39, 0.29) is 24.1 Å². The van der Waals surface area contributed by atoms with Crippen LogP contribution in [-0.2, 0) is 0 Å². The van der Waals surface area contributed by atoms with E-state index in [0.29, 0.717) is 11.8 Å². The predicted molar refractivity (Wildman–Crippen MR) is 114 cm³/mol. The van der Waals surface area contributed by atoms with Gasteiger partial charge < -0.3 is 20.4 Å². The smallest absolute Gasteiger partial charge is 0.322 e. The Hall–Kier alpha value is -2.24. The Morgan fingerprint density at radius 1 is 0.750 bits per heavy atom. The summed E-state index contributed by atoms with van der Waals surface area (Å²) in [5.74, 6) is 1.05. The molecule has 0 saturated carbocycles. The lowest BCUT2D eigenvalue weighted by Crippen LogP contribution is -2.48. The van der Waals surface area contributed by atoms with Gasteiger partial charge in [0.05, 0.1) is 0 Å². The highest BCUT2D eigenvalue weighted by molar-refractivity contribution is 5.92. The van der Waals surface area contributed by atoms with E-state index in [4.69, 9.17) is 0 Å². The number of rotatable bonds is 2. The first-order valence-electron chi connectivity index (χ1n) is 10.6. The molecule has 0 radical (unpaired) electrons. The standard InChI is InChI=1S/C22H34N4O2/c1-15-7-5-13-25(17(15)3)21(27)23-19-9-11-20(12-10-19)24-22(28)26-14-6-8-16(2)18(26)4/h9-12,15-18H,5-8,13-14H2,1-4H3,(H,23,27)(H,24,28)/t15-,16+,17-,18-/m1/s1. The van der Waals surface area contributed by atoms with Gasteiger partial charge in [0.2, 0.25) is 0 Å². The van der Waals surface area contributed by atoms with Crippen molar-refractivity contribution in [2.24, 2.45) is 11.8 Å². The SMILES string of the molecule is C[C@@H]1CCCN(C(=O)Nc2ccc(NC(=O)N3CCC[C@H](C)[C@H]3C)cc2)[C@@H]1C. The fourth-order valence-electron chi connectivity index (χ4n) is 4.27. The van der Waals surface area contributed by atoms with Crippen LogP contribution in [0.1, 0.15) is 53.4 Å². The van der Waals surface area contributed by atoms with Gasteiger partial charge in [-0.3, -0.25) is 0 Å². The number of amides is 4. The first-order chi connectivity index (χ1) is 13.4. The van der Waals surface area contributed by atoms with Crippen molar-refractivity contribution in [2.45, 2.75) is 65.5 Å². The minimum Gasteiger partial charge on any atom is -0.322 e. The molecule has 6 nitrogen and oxygen atoms in total. The maximum atomic E-state index is 12.6. The monoisotopic (exact) mass is 386 g/mol. The molecule has 0 spiro atoms. The van der Waals surface area contributed by atoms with Gasteiger partial charge in [0.15, 0.2) is 0 Å². The number of hydrogen-bond acceptors (Lipinski definition) is 2. The number of anilines is 2. The molecule has 6 heteroatoms. The maximum Gasteiger partial charge on any atom is 0.322 e. The Balaban J connectivity index is 1.56. The van der Waals surface area contributed by atoms with E-state index in [1.54, 1.807) is 0 Å². The van der Waals surface area contributed by atoms with Gasteiger partial charge in [-0.2, -0.15) is 0 Å². The molecule has 1 aromatic rings. The largest absolute Gasteiger partial charge is 0.322 e. The molecule has 2 aliphatic rings. The first kappa shape index (κ1) is 20.5. The summed E-state index contributed by atoms with van der Waals surface area (Å²) in [5.41, 5.74) is 1.49. The van der Waals surface area contributed by atoms with Crippen LogP contribution in [0, 0.1) is 11.8 Å². The molecule has 3 rings (SSSR count). The second-order valence-corrected chi connectivity index (χ2v) is 8.54. The van der Waals surface area contributed by atoms with Crippen molar-refractivity contribution in [1.29, 1.82) is 0 Å². The zero-order valence-electron chi connectivity index (χ0n) is 17.6. The molecular formula is C22H34N4O2. The van der Waals surface area contributed by atoms with E-state index in [1.807, 2.05) is 34.1 Å². The molecule has 0 aliphatic carbocycles. The average Bonchev–Trinajstić information content (AvgIpc) is 2.67. The van der Waals surface area contributed by atoms with E-state index < -0.39 is 0 Å². The summed E-state index contributed by atoms with van der Waals surface area (Å²) in [6.07, 6.45) is 4.45. The lowest BCUT2D eigenvalue weighted by molar-refractivity contribution is 0.138. The molecule has 2 heterocycles. The number of piperidine rings is 2. The van der Waals surface area contributed by atoms with E-state index >= 15 is 0 Å². The fraction of sp³-hybridized carbons (Fsp3) is 0.636. The fourth-order valence-corrected chi connectivity index (χ4v) is 4.27. The molecule has 1 aromatic carbocycles. The maximum absolute atomic E-state index is 12.6. The van der Waals surface area contributed by atoms with Crippen LogP contribution >= 0.6 is 0 Å². The molecule has 2 N–H and O–H groups in total. The second-order valence-electron chi connectivity index (χ2n) is 8.54. The highest BCUT2D eigenvalue weighted by atomic mass is 16.2. The molecule has 0 aromatic heterocycles. The first-order valence-corrected chi connectivity index (χ1v) is 10.6. The summed E-state index contributed by atoms with van der Waals surface area (Å²) in [6.45, 7) is 10.2.